The minimum atomic E-state index is -0.158. The van der Waals surface area contributed by atoms with Crippen LogP contribution in [0.3, 0.4) is 0 Å². The third-order valence-electron chi connectivity index (χ3n) is 2.63. The molecule has 0 radical (unpaired) electrons. The molecule has 7 heteroatoms. The Morgan fingerprint density at radius 1 is 1.39 bits per heavy atom. The summed E-state index contributed by atoms with van der Waals surface area (Å²) in [6.07, 6.45) is 1.48. The van der Waals surface area contributed by atoms with Crippen molar-refractivity contribution in [2.24, 2.45) is 7.05 Å². The standard InChI is InChI=1S/C11H20N4O3/c1-14-10(12)9(8-13-14)11(16)15(4-6-17-2)5-7-18-3/h8H,4-7,12H2,1-3H3. The zero-order valence-electron chi connectivity index (χ0n) is 11.0. The Hall–Kier alpha value is -1.60. The zero-order chi connectivity index (χ0) is 13.5. The van der Waals surface area contributed by atoms with E-state index in [0.29, 0.717) is 37.7 Å². The van der Waals surface area contributed by atoms with Crippen molar-refractivity contribution in [3.05, 3.63) is 11.8 Å². The quantitative estimate of drug-likeness (QED) is 0.726. The van der Waals surface area contributed by atoms with E-state index in [1.54, 1.807) is 26.2 Å². The topological polar surface area (TPSA) is 82.6 Å². The van der Waals surface area contributed by atoms with Gasteiger partial charge < -0.3 is 20.1 Å². The fraction of sp³-hybridized carbons (Fsp3) is 0.636. The fourth-order valence-corrected chi connectivity index (χ4v) is 1.50. The van der Waals surface area contributed by atoms with E-state index in [0.717, 1.165) is 0 Å². The smallest absolute Gasteiger partial charge is 0.259 e. The number of methoxy groups -OCH3 is 2. The van der Waals surface area contributed by atoms with Gasteiger partial charge in [-0.15, -0.1) is 0 Å². The predicted octanol–water partition coefficient (Wildman–Crippen LogP) is -0.263. The number of amides is 1. The number of anilines is 1. The Labute approximate surface area is 106 Å². The second-order valence-corrected chi connectivity index (χ2v) is 3.84. The van der Waals surface area contributed by atoms with Crippen molar-refractivity contribution in [1.82, 2.24) is 14.7 Å². The van der Waals surface area contributed by atoms with Gasteiger partial charge in [0, 0.05) is 34.4 Å². The van der Waals surface area contributed by atoms with Crippen molar-refractivity contribution in [3.8, 4) is 0 Å². The number of carbonyl (C=O) groups excluding carboxylic acids is 1. The summed E-state index contributed by atoms with van der Waals surface area (Å²) in [6.45, 7) is 1.92. The monoisotopic (exact) mass is 256 g/mol. The lowest BCUT2D eigenvalue weighted by Gasteiger charge is -2.21. The van der Waals surface area contributed by atoms with Gasteiger partial charge in [-0.25, -0.2) is 0 Å². The lowest BCUT2D eigenvalue weighted by Crippen LogP contribution is -2.36. The van der Waals surface area contributed by atoms with Crippen LogP contribution in [0.4, 0.5) is 5.82 Å². The molecule has 2 N–H and O–H groups in total. The average Bonchev–Trinajstić information content (AvgIpc) is 2.69. The molecule has 0 aromatic carbocycles. The van der Waals surface area contributed by atoms with Crippen molar-refractivity contribution >= 4 is 11.7 Å². The number of aryl methyl sites for hydroxylation is 1. The van der Waals surface area contributed by atoms with E-state index >= 15 is 0 Å². The maximum absolute atomic E-state index is 12.3. The van der Waals surface area contributed by atoms with Crippen molar-refractivity contribution in [1.29, 1.82) is 0 Å². The summed E-state index contributed by atoms with van der Waals surface area (Å²) >= 11 is 0. The third-order valence-corrected chi connectivity index (χ3v) is 2.63. The molecule has 7 nitrogen and oxygen atoms in total. The maximum Gasteiger partial charge on any atom is 0.259 e. The van der Waals surface area contributed by atoms with Gasteiger partial charge in [0.05, 0.1) is 19.4 Å². The van der Waals surface area contributed by atoms with Crippen LogP contribution in [-0.4, -0.2) is 61.1 Å². The summed E-state index contributed by atoms with van der Waals surface area (Å²) in [7, 11) is 4.88. The van der Waals surface area contributed by atoms with Crippen LogP contribution < -0.4 is 5.73 Å². The molecular formula is C11H20N4O3. The summed E-state index contributed by atoms with van der Waals surface area (Å²) in [6, 6.07) is 0. The molecule has 0 unspecified atom stereocenters. The molecule has 0 aliphatic rings. The van der Waals surface area contributed by atoms with E-state index < -0.39 is 0 Å². The number of nitrogen functional groups attached to an aromatic ring is 1. The van der Waals surface area contributed by atoms with Crippen LogP contribution in [0.25, 0.3) is 0 Å². The third kappa shape index (κ3) is 3.44. The number of nitrogens with zero attached hydrogens (tertiary/aromatic N) is 3. The highest BCUT2D eigenvalue weighted by molar-refractivity contribution is 5.98. The predicted molar refractivity (Wildman–Crippen MR) is 67.3 cm³/mol. The zero-order valence-corrected chi connectivity index (χ0v) is 11.0. The van der Waals surface area contributed by atoms with Crippen molar-refractivity contribution in [2.45, 2.75) is 0 Å². The number of ether oxygens (including phenoxy) is 2. The molecule has 0 saturated carbocycles. The molecule has 0 fully saturated rings. The van der Waals surface area contributed by atoms with Gasteiger partial charge in [-0.1, -0.05) is 0 Å². The maximum atomic E-state index is 12.3. The second-order valence-electron chi connectivity index (χ2n) is 3.84. The van der Waals surface area contributed by atoms with Gasteiger partial charge in [0.25, 0.3) is 5.91 Å². The SMILES string of the molecule is COCCN(CCOC)C(=O)c1cnn(C)c1N. The van der Waals surface area contributed by atoms with Crippen molar-refractivity contribution in [2.75, 3.05) is 46.3 Å². The van der Waals surface area contributed by atoms with Gasteiger partial charge in [0.1, 0.15) is 11.4 Å². The first-order chi connectivity index (χ1) is 8.61. The van der Waals surface area contributed by atoms with Crippen LogP contribution in [0.5, 0.6) is 0 Å². The fourth-order valence-electron chi connectivity index (χ4n) is 1.50. The number of carbonyl (C=O) groups is 1. The molecular weight excluding hydrogens is 236 g/mol. The number of aromatic nitrogens is 2. The van der Waals surface area contributed by atoms with E-state index in [2.05, 4.69) is 5.10 Å². The molecule has 0 spiro atoms. The molecule has 18 heavy (non-hydrogen) atoms. The van der Waals surface area contributed by atoms with Crippen LogP contribution in [0, 0.1) is 0 Å². The minimum Gasteiger partial charge on any atom is -0.383 e. The summed E-state index contributed by atoms with van der Waals surface area (Å²) in [5.41, 5.74) is 6.20. The van der Waals surface area contributed by atoms with E-state index in [1.165, 1.54) is 10.9 Å². The summed E-state index contributed by atoms with van der Waals surface area (Å²) < 4.78 is 11.4. The Balaban J connectivity index is 2.77. The molecule has 1 rings (SSSR count). The van der Waals surface area contributed by atoms with Crippen LogP contribution in [-0.2, 0) is 16.5 Å². The Bertz CT molecular complexity index is 384. The number of rotatable bonds is 7. The van der Waals surface area contributed by atoms with Gasteiger partial charge >= 0.3 is 0 Å². The highest BCUT2D eigenvalue weighted by atomic mass is 16.5. The van der Waals surface area contributed by atoms with Crippen LogP contribution in [0.2, 0.25) is 0 Å². The number of hydrogen-bond donors (Lipinski definition) is 1. The minimum absolute atomic E-state index is 0.158. The number of nitrogens with two attached hydrogens (primary N) is 1. The summed E-state index contributed by atoms with van der Waals surface area (Å²) in [5.74, 6) is 0.203. The molecule has 0 aliphatic heterocycles. The first kappa shape index (κ1) is 14.5. The average molecular weight is 256 g/mol. The Kier molecular flexibility index (Phi) is 5.60. The van der Waals surface area contributed by atoms with Crippen molar-refractivity contribution in [3.63, 3.8) is 0 Å². The molecule has 102 valence electrons. The van der Waals surface area contributed by atoms with Gasteiger partial charge in [0.15, 0.2) is 0 Å². The number of hydrogen-bond acceptors (Lipinski definition) is 5. The lowest BCUT2D eigenvalue weighted by molar-refractivity contribution is 0.0628. The largest absolute Gasteiger partial charge is 0.383 e. The Morgan fingerprint density at radius 3 is 2.33 bits per heavy atom. The first-order valence-electron chi connectivity index (χ1n) is 5.66. The molecule has 1 amide bonds. The molecule has 0 aliphatic carbocycles. The molecule has 1 aromatic heterocycles. The van der Waals surface area contributed by atoms with Gasteiger partial charge in [-0.05, 0) is 0 Å². The van der Waals surface area contributed by atoms with Gasteiger partial charge in [-0.3, -0.25) is 9.48 Å². The van der Waals surface area contributed by atoms with Crippen molar-refractivity contribution < 1.29 is 14.3 Å². The van der Waals surface area contributed by atoms with E-state index in [-0.39, 0.29) is 5.91 Å². The van der Waals surface area contributed by atoms with Crippen LogP contribution in [0.15, 0.2) is 6.20 Å². The highest BCUT2D eigenvalue weighted by Gasteiger charge is 2.20. The van der Waals surface area contributed by atoms with Crippen LogP contribution >= 0.6 is 0 Å². The molecule has 0 bridgehead atoms. The lowest BCUT2D eigenvalue weighted by atomic mass is 10.2. The Morgan fingerprint density at radius 2 is 1.94 bits per heavy atom. The highest BCUT2D eigenvalue weighted by Crippen LogP contribution is 2.12. The first-order valence-corrected chi connectivity index (χ1v) is 5.66. The normalized spacial score (nSPS) is 10.6. The molecule has 1 heterocycles. The second kappa shape index (κ2) is 6.97. The van der Waals surface area contributed by atoms with Gasteiger partial charge in [0.2, 0.25) is 0 Å². The van der Waals surface area contributed by atoms with Crippen LogP contribution in [0.1, 0.15) is 10.4 Å². The molecule has 0 atom stereocenters. The van der Waals surface area contributed by atoms with Gasteiger partial charge in [-0.2, -0.15) is 5.10 Å². The van der Waals surface area contributed by atoms with E-state index in [4.69, 9.17) is 15.2 Å². The molecule has 1 aromatic rings. The van der Waals surface area contributed by atoms with E-state index in [1.807, 2.05) is 0 Å². The summed E-state index contributed by atoms with van der Waals surface area (Å²) in [5, 5.41) is 3.96. The summed E-state index contributed by atoms with van der Waals surface area (Å²) in [4.78, 5) is 13.9. The van der Waals surface area contributed by atoms with E-state index in [9.17, 15) is 4.79 Å². The molecule has 0 saturated heterocycles.